The Hall–Kier alpha value is -3.25. The molecule has 3 aromatic rings. The lowest BCUT2D eigenvalue weighted by molar-refractivity contribution is -0.183. The third-order valence-electron chi connectivity index (χ3n) is 9.37. The molecule has 1 aliphatic heterocycles. The Balaban J connectivity index is 1.21. The number of fused-ring (bicyclic) bond motifs is 2. The number of alkyl halides is 3. The molecule has 0 radical (unpaired) electrons. The molecule has 248 valence electrons. The molecule has 6 rings (SSSR count). The third kappa shape index (κ3) is 7.02. The Morgan fingerprint density at radius 1 is 1.02 bits per heavy atom. The van der Waals surface area contributed by atoms with E-state index in [2.05, 4.69) is 30.8 Å². The number of H-pyrrole nitrogens is 1. The first kappa shape index (κ1) is 32.7. The van der Waals surface area contributed by atoms with Crippen LogP contribution in [0.15, 0.2) is 18.2 Å². The average Bonchev–Trinajstić information content (AvgIpc) is 3.40. The third-order valence-corrected chi connectivity index (χ3v) is 10.1. The van der Waals surface area contributed by atoms with Gasteiger partial charge in [0.2, 0.25) is 11.9 Å². The number of pyridine rings is 1. The minimum absolute atomic E-state index is 0.00266. The highest BCUT2D eigenvalue weighted by atomic mass is 35.5. The number of halogens is 5. The molecule has 2 unspecified atom stereocenters. The van der Waals surface area contributed by atoms with Crippen LogP contribution in [0.25, 0.3) is 11.2 Å². The number of piperidine rings is 1. The van der Waals surface area contributed by atoms with Crippen LogP contribution in [-0.2, 0) is 11.3 Å². The molecule has 3 aliphatic rings. The van der Waals surface area contributed by atoms with E-state index < -0.39 is 17.5 Å². The molecule has 3 heterocycles. The summed E-state index contributed by atoms with van der Waals surface area (Å²) in [5, 5.41) is 9.69. The van der Waals surface area contributed by atoms with Crippen molar-refractivity contribution < 1.29 is 22.8 Å². The number of hydrogen-bond donors (Lipinski definition) is 4. The van der Waals surface area contributed by atoms with Crippen LogP contribution < -0.4 is 20.9 Å². The number of imidazole rings is 1. The summed E-state index contributed by atoms with van der Waals surface area (Å²) in [4.78, 5) is 40.6. The Kier molecular flexibility index (Phi) is 8.82. The smallest absolute Gasteiger partial charge is 0.355 e. The first-order valence-electron chi connectivity index (χ1n) is 15.7. The average molecular weight is 681 g/mol. The van der Waals surface area contributed by atoms with Crippen molar-refractivity contribution in [3.63, 3.8) is 0 Å². The van der Waals surface area contributed by atoms with Crippen LogP contribution in [0.4, 0.5) is 30.6 Å². The van der Waals surface area contributed by atoms with Crippen molar-refractivity contribution in [1.82, 2.24) is 25.6 Å². The zero-order chi connectivity index (χ0) is 33.0. The molecular weight excluding hydrogens is 642 g/mol. The monoisotopic (exact) mass is 679 g/mol. The van der Waals surface area contributed by atoms with E-state index in [4.69, 9.17) is 28.2 Å². The van der Waals surface area contributed by atoms with Crippen molar-refractivity contribution in [2.45, 2.75) is 65.6 Å². The predicted octanol–water partition coefficient (Wildman–Crippen LogP) is 7.23. The van der Waals surface area contributed by atoms with Crippen molar-refractivity contribution in [2.75, 3.05) is 29.9 Å². The van der Waals surface area contributed by atoms with E-state index in [0.717, 1.165) is 13.1 Å². The fourth-order valence-electron chi connectivity index (χ4n) is 6.40. The summed E-state index contributed by atoms with van der Waals surface area (Å²) in [6, 6.07) is 5.15. The van der Waals surface area contributed by atoms with Crippen molar-refractivity contribution in [2.24, 2.45) is 29.1 Å². The number of aromatic nitrogens is 3. The predicted molar refractivity (Wildman–Crippen MR) is 173 cm³/mol. The highest BCUT2D eigenvalue weighted by Crippen LogP contribution is 2.47. The quantitative estimate of drug-likeness (QED) is 0.200. The van der Waals surface area contributed by atoms with Crippen LogP contribution in [0.5, 0.6) is 0 Å². The Morgan fingerprint density at radius 3 is 2.37 bits per heavy atom. The van der Waals surface area contributed by atoms with E-state index >= 15 is 0 Å². The van der Waals surface area contributed by atoms with Gasteiger partial charge < -0.3 is 25.8 Å². The van der Waals surface area contributed by atoms with E-state index in [-0.39, 0.29) is 37.1 Å². The van der Waals surface area contributed by atoms with E-state index in [0.29, 0.717) is 81.0 Å². The summed E-state index contributed by atoms with van der Waals surface area (Å²) < 4.78 is 39.3. The first-order valence-corrected chi connectivity index (χ1v) is 16.5. The molecule has 46 heavy (non-hydrogen) atoms. The SMILES string of the molecule is CC(C)(C)C(=O)NCc1ccc(Cl)c(Nc2nc3nc(N4CC5CC5C4)c(C(=O)NCC4CCC(C(F)(F)F)CC4)cc3[nH]2)c1Cl. The van der Waals surface area contributed by atoms with Gasteiger partial charge in [-0.2, -0.15) is 18.2 Å². The van der Waals surface area contributed by atoms with Crippen molar-refractivity contribution in [3.8, 4) is 0 Å². The van der Waals surface area contributed by atoms with Crippen LogP contribution in [-0.4, -0.2) is 52.6 Å². The Bertz CT molecular complexity index is 1640. The normalized spacial score (nSPS) is 22.9. The minimum Gasteiger partial charge on any atom is -0.355 e. The number of nitrogens with one attached hydrogen (secondary N) is 4. The molecule has 1 aromatic carbocycles. The van der Waals surface area contributed by atoms with Crippen LogP contribution in [0.3, 0.4) is 0 Å². The van der Waals surface area contributed by atoms with E-state index in [1.165, 1.54) is 6.42 Å². The summed E-state index contributed by atoms with van der Waals surface area (Å²) in [6.07, 6.45) is -1.96. The molecule has 14 heteroatoms. The van der Waals surface area contributed by atoms with Gasteiger partial charge in [-0.15, -0.1) is 0 Å². The first-order chi connectivity index (χ1) is 21.7. The molecule has 2 saturated carbocycles. The lowest BCUT2D eigenvalue weighted by Crippen LogP contribution is -2.35. The molecule has 2 amide bonds. The number of nitrogens with zero attached hydrogens (tertiary/aromatic N) is 3. The van der Waals surface area contributed by atoms with E-state index in [1.54, 1.807) is 18.2 Å². The maximum Gasteiger partial charge on any atom is 0.391 e. The summed E-state index contributed by atoms with van der Waals surface area (Å²) in [7, 11) is 0. The number of rotatable bonds is 8. The van der Waals surface area contributed by atoms with Gasteiger partial charge in [-0.1, -0.05) is 50.0 Å². The highest BCUT2D eigenvalue weighted by molar-refractivity contribution is 6.39. The molecule has 2 aromatic heterocycles. The van der Waals surface area contributed by atoms with Gasteiger partial charge in [0.25, 0.3) is 5.91 Å². The van der Waals surface area contributed by atoms with Gasteiger partial charge in [-0.25, -0.2) is 4.98 Å². The number of hydrogen-bond acceptors (Lipinski definition) is 6. The molecule has 1 saturated heterocycles. The van der Waals surface area contributed by atoms with Gasteiger partial charge in [0.05, 0.1) is 32.7 Å². The fraction of sp³-hybridized carbons (Fsp3) is 0.562. The Morgan fingerprint density at radius 2 is 1.72 bits per heavy atom. The van der Waals surface area contributed by atoms with Gasteiger partial charge in [0, 0.05) is 31.6 Å². The summed E-state index contributed by atoms with van der Waals surface area (Å²) >= 11 is 13.2. The number of amides is 2. The van der Waals surface area contributed by atoms with Gasteiger partial charge in [0.1, 0.15) is 5.82 Å². The molecule has 0 spiro atoms. The standard InChI is InChI=1S/C32H38Cl2F3N7O2/c1-31(2,3)29(46)39-13-17-6-9-22(33)25(24(17)34)41-30-40-23-11-21(27(42-26(23)43-30)44-14-18-10-19(18)15-44)28(45)38-12-16-4-7-20(8-5-16)32(35,36)37/h6,9,11,16,18-20H,4-5,7-8,10,12-15H2,1-3H3,(H,38,45)(H,39,46)(H2,40,41,42,43). The van der Waals surface area contributed by atoms with E-state index in [9.17, 15) is 22.8 Å². The zero-order valence-corrected chi connectivity index (χ0v) is 27.5. The highest BCUT2D eigenvalue weighted by Gasteiger charge is 2.46. The zero-order valence-electron chi connectivity index (χ0n) is 26.0. The van der Waals surface area contributed by atoms with Crippen molar-refractivity contribution >= 4 is 63.6 Å². The summed E-state index contributed by atoms with van der Waals surface area (Å²) in [5.74, 6) is 0.359. The van der Waals surface area contributed by atoms with Gasteiger partial charge in [-0.05, 0) is 67.6 Å². The lowest BCUT2D eigenvalue weighted by Gasteiger charge is -2.30. The molecule has 2 aliphatic carbocycles. The molecule has 0 bridgehead atoms. The van der Waals surface area contributed by atoms with E-state index in [1.807, 2.05) is 20.8 Å². The lowest BCUT2D eigenvalue weighted by atomic mass is 9.81. The fourth-order valence-corrected chi connectivity index (χ4v) is 6.94. The van der Waals surface area contributed by atoms with Crippen LogP contribution in [0, 0.1) is 29.1 Å². The molecular formula is C32H38Cl2F3N7O2. The van der Waals surface area contributed by atoms with Gasteiger partial charge in [0.15, 0.2) is 5.65 Å². The second-order valence-corrected chi connectivity index (χ2v) is 14.7. The minimum atomic E-state index is -4.17. The summed E-state index contributed by atoms with van der Waals surface area (Å²) in [5.41, 5.74) is 1.83. The maximum atomic E-state index is 13.5. The molecule has 3 fully saturated rings. The largest absolute Gasteiger partial charge is 0.391 e. The molecule has 4 N–H and O–H groups in total. The van der Waals surface area contributed by atoms with Crippen molar-refractivity contribution in [1.29, 1.82) is 0 Å². The number of carbonyl (C=O) groups excluding carboxylic acids is 2. The van der Waals surface area contributed by atoms with Gasteiger partial charge in [-0.3, -0.25) is 9.59 Å². The second kappa shape index (κ2) is 12.4. The number of carbonyl (C=O) groups is 2. The number of aromatic amines is 1. The van der Waals surface area contributed by atoms with Gasteiger partial charge >= 0.3 is 6.18 Å². The molecule has 2 atom stereocenters. The maximum absolute atomic E-state index is 13.5. The second-order valence-electron chi connectivity index (χ2n) is 13.9. The summed E-state index contributed by atoms with van der Waals surface area (Å²) in [6.45, 7) is 7.63. The molecule has 9 nitrogen and oxygen atoms in total. The van der Waals surface area contributed by atoms with Crippen LogP contribution in [0.2, 0.25) is 10.0 Å². The topological polar surface area (TPSA) is 115 Å². The van der Waals surface area contributed by atoms with Crippen molar-refractivity contribution in [3.05, 3.63) is 39.4 Å². The van der Waals surface area contributed by atoms with Crippen LogP contribution in [0.1, 0.15) is 68.8 Å². The Labute approximate surface area is 275 Å². The van der Waals surface area contributed by atoms with Crippen LogP contribution >= 0.6 is 23.2 Å². The number of anilines is 3. The number of benzene rings is 1.